The lowest BCUT2D eigenvalue weighted by Gasteiger charge is -2.11. The number of nitrogens with two attached hydrogens (primary N) is 1. The topological polar surface area (TPSA) is 76.0 Å². The standard InChI is InChI=1S/C19H18N2O2/c1-11-10-13(12(2)20)6-7-14(11)18(22)16-4-3-5-17-15(16)8-9-21-19(17)23/h3-10,12H,20H2,1-2H3,(H,21,23). The van der Waals surface area contributed by atoms with Crippen LogP contribution in [0, 0.1) is 6.92 Å². The van der Waals surface area contributed by atoms with Gasteiger partial charge in [-0.25, -0.2) is 0 Å². The maximum Gasteiger partial charge on any atom is 0.255 e. The van der Waals surface area contributed by atoms with Gasteiger partial charge < -0.3 is 10.7 Å². The van der Waals surface area contributed by atoms with Gasteiger partial charge in [0.1, 0.15) is 0 Å². The zero-order valence-electron chi connectivity index (χ0n) is 13.1. The van der Waals surface area contributed by atoms with Crippen LogP contribution in [-0.2, 0) is 0 Å². The van der Waals surface area contributed by atoms with Gasteiger partial charge >= 0.3 is 0 Å². The molecule has 0 radical (unpaired) electrons. The first-order valence-electron chi connectivity index (χ1n) is 7.50. The third kappa shape index (κ3) is 2.69. The van der Waals surface area contributed by atoms with Gasteiger partial charge in [-0.05, 0) is 42.5 Å². The van der Waals surface area contributed by atoms with E-state index in [0.29, 0.717) is 21.9 Å². The van der Waals surface area contributed by atoms with Gasteiger partial charge in [0.15, 0.2) is 5.78 Å². The fourth-order valence-electron chi connectivity index (χ4n) is 2.79. The predicted octanol–water partition coefficient (Wildman–Crippen LogP) is 3.09. The van der Waals surface area contributed by atoms with Gasteiger partial charge in [0.05, 0.1) is 0 Å². The minimum Gasteiger partial charge on any atom is -0.329 e. The number of fused-ring (bicyclic) bond motifs is 1. The van der Waals surface area contributed by atoms with Gasteiger partial charge in [0, 0.05) is 28.8 Å². The number of aryl methyl sites for hydroxylation is 1. The highest BCUT2D eigenvalue weighted by Gasteiger charge is 2.16. The fraction of sp³-hybridized carbons (Fsp3) is 0.158. The highest BCUT2D eigenvalue weighted by Crippen LogP contribution is 2.22. The molecule has 0 fully saturated rings. The van der Waals surface area contributed by atoms with Crippen LogP contribution in [0.2, 0.25) is 0 Å². The summed E-state index contributed by atoms with van der Waals surface area (Å²) in [6.07, 6.45) is 1.56. The van der Waals surface area contributed by atoms with Crippen LogP contribution in [-0.4, -0.2) is 10.8 Å². The van der Waals surface area contributed by atoms with Gasteiger partial charge in [-0.15, -0.1) is 0 Å². The Morgan fingerprint density at radius 1 is 1.09 bits per heavy atom. The maximum atomic E-state index is 12.9. The summed E-state index contributed by atoms with van der Waals surface area (Å²) in [5, 5.41) is 1.18. The number of hydrogen-bond donors (Lipinski definition) is 2. The van der Waals surface area contributed by atoms with Crippen molar-refractivity contribution in [3.05, 3.63) is 81.3 Å². The molecule has 3 N–H and O–H groups in total. The molecule has 23 heavy (non-hydrogen) atoms. The van der Waals surface area contributed by atoms with E-state index < -0.39 is 0 Å². The van der Waals surface area contributed by atoms with Crippen molar-refractivity contribution in [3.63, 3.8) is 0 Å². The smallest absolute Gasteiger partial charge is 0.255 e. The first-order chi connectivity index (χ1) is 11.0. The molecule has 0 aliphatic carbocycles. The van der Waals surface area contributed by atoms with E-state index >= 15 is 0 Å². The predicted molar refractivity (Wildman–Crippen MR) is 91.8 cm³/mol. The third-order valence-corrected chi connectivity index (χ3v) is 4.08. The van der Waals surface area contributed by atoms with E-state index in [1.54, 1.807) is 30.5 Å². The number of carbonyl (C=O) groups is 1. The molecular weight excluding hydrogens is 288 g/mol. The number of ketones is 1. The number of benzene rings is 2. The molecule has 0 saturated carbocycles. The van der Waals surface area contributed by atoms with Crippen molar-refractivity contribution in [1.29, 1.82) is 0 Å². The van der Waals surface area contributed by atoms with E-state index in [-0.39, 0.29) is 17.4 Å². The lowest BCUT2D eigenvalue weighted by atomic mass is 9.93. The molecule has 1 aromatic heterocycles. The number of nitrogens with one attached hydrogen (secondary N) is 1. The van der Waals surface area contributed by atoms with Crippen molar-refractivity contribution in [2.45, 2.75) is 19.9 Å². The molecule has 116 valence electrons. The Morgan fingerprint density at radius 3 is 2.57 bits per heavy atom. The first kappa shape index (κ1) is 15.2. The summed E-state index contributed by atoms with van der Waals surface area (Å²) in [7, 11) is 0. The maximum absolute atomic E-state index is 12.9. The summed E-state index contributed by atoms with van der Waals surface area (Å²) < 4.78 is 0. The summed E-state index contributed by atoms with van der Waals surface area (Å²) in [6, 6.07) is 12.5. The second kappa shape index (κ2) is 5.82. The highest BCUT2D eigenvalue weighted by molar-refractivity contribution is 6.16. The van der Waals surface area contributed by atoms with Crippen LogP contribution in [0.15, 0.2) is 53.5 Å². The van der Waals surface area contributed by atoms with Crippen LogP contribution < -0.4 is 11.3 Å². The Morgan fingerprint density at radius 2 is 1.87 bits per heavy atom. The molecule has 1 unspecified atom stereocenters. The van der Waals surface area contributed by atoms with Gasteiger partial charge in [-0.3, -0.25) is 9.59 Å². The van der Waals surface area contributed by atoms with Gasteiger partial charge in [0.25, 0.3) is 5.56 Å². The number of aromatic nitrogens is 1. The summed E-state index contributed by atoms with van der Waals surface area (Å²) in [5.41, 5.74) is 8.73. The van der Waals surface area contributed by atoms with E-state index in [1.165, 1.54) is 0 Å². The Balaban J connectivity index is 2.15. The molecule has 1 heterocycles. The van der Waals surface area contributed by atoms with Crippen molar-refractivity contribution in [2.75, 3.05) is 0 Å². The molecule has 3 aromatic rings. The Hall–Kier alpha value is -2.72. The number of hydrogen-bond acceptors (Lipinski definition) is 3. The largest absolute Gasteiger partial charge is 0.329 e. The van der Waals surface area contributed by atoms with Gasteiger partial charge in [-0.2, -0.15) is 0 Å². The van der Waals surface area contributed by atoms with Gasteiger partial charge in [-0.1, -0.05) is 30.3 Å². The SMILES string of the molecule is Cc1cc(C(C)N)ccc1C(=O)c1cccc2c(=O)[nH]ccc12. The van der Waals surface area contributed by atoms with Crippen LogP contribution in [0.3, 0.4) is 0 Å². The highest BCUT2D eigenvalue weighted by atomic mass is 16.1. The molecule has 0 aliphatic rings. The van der Waals surface area contributed by atoms with Gasteiger partial charge in [0.2, 0.25) is 0 Å². The molecule has 0 amide bonds. The fourth-order valence-corrected chi connectivity index (χ4v) is 2.79. The molecule has 0 aliphatic heterocycles. The van der Waals surface area contributed by atoms with E-state index in [1.807, 2.05) is 32.0 Å². The lowest BCUT2D eigenvalue weighted by molar-refractivity contribution is 0.103. The average Bonchev–Trinajstić information content (AvgIpc) is 2.54. The molecule has 0 saturated heterocycles. The Kier molecular flexibility index (Phi) is 3.84. The molecule has 2 aromatic carbocycles. The summed E-state index contributed by atoms with van der Waals surface area (Å²) in [5.74, 6) is -0.0880. The number of rotatable bonds is 3. The van der Waals surface area contributed by atoms with Crippen LogP contribution in [0.1, 0.15) is 40.0 Å². The van der Waals surface area contributed by atoms with Crippen LogP contribution in [0.25, 0.3) is 10.8 Å². The van der Waals surface area contributed by atoms with Crippen LogP contribution in [0.5, 0.6) is 0 Å². The van der Waals surface area contributed by atoms with Crippen molar-refractivity contribution >= 4 is 16.6 Å². The monoisotopic (exact) mass is 306 g/mol. The van der Waals surface area contributed by atoms with Crippen molar-refractivity contribution < 1.29 is 4.79 Å². The molecular formula is C19H18N2O2. The summed E-state index contributed by atoms with van der Waals surface area (Å²) in [4.78, 5) is 27.5. The minimum atomic E-state index is -0.193. The number of carbonyl (C=O) groups excluding carboxylic acids is 1. The third-order valence-electron chi connectivity index (χ3n) is 4.08. The molecule has 3 rings (SSSR count). The lowest BCUT2D eigenvalue weighted by Crippen LogP contribution is -2.10. The second-order valence-electron chi connectivity index (χ2n) is 5.77. The normalized spacial score (nSPS) is 12.3. The van der Waals surface area contributed by atoms with E-state index in [0.717, 1.165) is 11.1 Å². The van der Waals surface area contributed by atoms with E-state index in [2.05, 4.69) is 4.98 Å². The van der Waals surface area contributed by atoms with Crippen molar-refractivity contribution in [2.24, 2.45) is 5.73 Å². The molecule has 1 atom stereocenters. The molecule has 4 nitrogen and oxygen atoms in total. The molecule has 4 heteroatoms. The average molecular weight is 306 g/mol. The van der Waals surface area contributed by atoms with Crippen LogP contribution in [0.4, 0.5) is 0 Å². The summed E-state index contributed by atoms with van der Waals surface area (Å²) in [6.45, 7) is 3.81. The second-order valence-corrected chi connectivity index (χ2v) is 5.77. The zero-order valence-corrected chi connectivity index (χ0v) is 13.1. The first-order valence-corrected chi connectivity index (χ1v) is 7.50. The number of H-pyrrole nitrogens is 1. The van der Waals surface area contributed by atoms with Crippen molar-refractivity contribution in [3.8, 4) is 0 Å². The summed E-state index contributed by atoms with van der Waals surface area (Å²) >= 11 is 0. The molecule has 0 spiro atoms. The molecule has 0 bridgehead atoms. The Labute approximate surface area is 134 Å². The number of aromatic amines is 1. The Bertz CT molecular complexity index is 955. The van der Waals surface area contributed by atoms with E-state index in [4.69, 9.17) is 5.73 Å². The number of pyridine rings is 1. The van der Waals surface area contributed by atoms with Crippen LogP contribution >= 0.6 is 0 Å². The minimum absolute atomic E-state index is 0.0750. The van der Waals surface area contributed by atoms with Crippen molar-refractivity contribution in [1.82, 2.24) is 4.98 Å². The van der Waals surface area contributed by atoms with E-state index in [9.17, 15) is 9.59 Å². The zero-order chi connectivity index (χ0) is 16.6. The quantitative estimate of drug-likeness (QED) is 0.730.